The van der Waals surface area contributed by atoms with Crippen molar-refractivity contribution in [2.24, 2.45) is 0 Å². The SMILES string of the molecule is CCN(CC)S(=O)(=O)c1cc(C)c(C)c(NC(=O)c2cc([N+](=O)[O-])ccc2N(C)C)c1. The molecule has 0 aromatic heterocycles. The Kier molecular flexibility index (Phi) is 7.40. The quantitative estimate of drug-likeness (QED) is 0.488. The lowest BCUT2D eigenvalue weighted by Gasteiger charge is -2.21. The molecule has 2 aromatic carbocycles. The molecule has 0 saturated heterocycles. The van der Waals surface area contributed by atoms with E-state index < -0.39 is 20.9 Å². The molecule has 0 heterocycles. The number of carbonyl (C=O) groups is 1. The first-order valence-corrected chi connectivity index (χ1v) is 11.3. The van der Waals surface area contributed by atoms with Crippen molar-refractivity contribution in [1.82, 2.24) is 4.31 Å². The molecule has 31 heavy (non-hydrogen) atoms. The van der Waals surface area contributed by atoms with Crippen LogP contribution < -0.4 is 10.2 Å². The molecular formula is C21H28N4O5S. The van der Waals surface area contributed by atoms with Crippen LogP contribution in [-0.2, 0) is 10.0 Å². The largest absolute Gasteiger partial charge is 0.377 e. The highest BCUT2D eigenvalue weighted by Gasteiger charge is 2.24. The lowest BCUT2D eigenvalue weighted by Crippen LogP contribution is -2.30. The van der Waals surface area contributed by atoms with Gasteiger partial charge in [-0.05, 0) is 43.2 Å². The molecule has 10 heteroatoms. The maximum Gasteiger partial charge on any atom is 0.270 e. The first-order valence-electron chi connectivity index (χ1n) is 9.82. The second-order valence-corrected chi connectivity index (χ2v) is 9.25. The van der Waals surface area contributed by atoms with Crippen molar-refractivity contribution in [2.75, 3.05) is 37.4 Å². The van der Waals surface area contributed by atoms with Crippen LogP contribution in [0, 0.1) is 24.0 Å². The molecule has 0 unspecified atom stereocenters. The number of anilines is 2. The van der Waals surface area contributed by atoms with Gasteiger partial charge in [0.25, 0.3) is 11.6 Å². The molecule has 0 spiro atoms. The van der Waals surface area contributed by atoms with Gasteiger partial charge in [0.05, 0.1) is 15.4 Å². The summed E-state index contributed by atoms with van der Waals surface area (Å²) in [5.41, 5.74) is 2.17. The maximum atomic E-state index is 13.1. The van der Waals surface area contributed by atoms with E-state index >= 15 is 0 Å². The van der Waals surface area contributed by atoms with Gasteiger partial charge in [-0.25, -0.2) is 8.42 Å². The molecule has 2 rings (SSSR count). The van der Waals surface area contributed by atoms with Crippen molar-refractivity contribution >= 4 is 33.0 Å². The van der Waals surface area contributed by atoms with E-state index in [1.165, 1.54) is 28.6 Å². The fourth-order valence-corrected chi connectivity index (χ4v) is 4.79. The molecule has 0 aliphatic heterocycles. The first-order chi connectivity index (χ1) is 14.4. The van der Waals surface area contributed by atoms with Gasteiger partial charge in [0.1, 0.15) is 0 Å². The summed E-state index contributed by atoms with van der Waals surface area (Å²) in [5.74, 6) is -0.563. The van der Waals surface area contributed by atoms with E-state index in [0.29, 0.717) is 35.6 Å². The van der Waals surface area contributed by atoms with Crippen LogP contribution in [0.15, 0.2) is 35.2 Å². The number of carbonyl (C=O) groups excluding carboxylic acids is 1. The number of amides is 1. The molecule has 9 nitrogen and oxygen atoms in total. The number of hydrogen-bond donors (Lipinski definition) is 1. The molecule has 1 amide bonds. The Hall–Kier alpha value is -2.98. The number of benzene rings is 2. The van der Waals surface area contributed by atoms with Gasteiger partial charge in [-0.15, -0.1) is 0 Å². The highest BCUT2D eigenvalue weighted by atomic mass is 32.2. The van der Waals surface area contributed by atoms with E-state index in [4.69, 9.17) is 0 Å². The van der Waals surface area contributed by atoms with E-state index in [-0.39, 0.29) is 16.1 Å². The van der Waals surface area contributed by atoms with Crippen LogP contribution in [0.3, 0.4) is 0 Å². The van der Waals surface area contributed by atoms with E-state index in [9.17, 15) is 23.3 Å². The van der Waals surface area contributed by atoms with Crippen LogP contribution in [0.1, 0.15) is 35.3 Å². The highest BCUT2D eigenvalue weighted by molar-refractivity contribution is 7.89. The van der Waals surface area contributed by atoms with Crippen molar-refractivity contribution in [1.29, 1.82) is 0 Å². The Labute approximate surface area is 182 Å². The average molecular weight is 449 g/mol. The number of non-ortho nitro benzene ring substituents is 1. The Bertz CT molecular complexity index is 1110. The average Bonchev–Trinajstić information content (AvgIpc) is 2.71. The summed E-state index contributed by atoms with van der Waals surface area (Å²) in [6.45, 7) is 7.72. The number of rotatable bonds is 8. The maximum absolute atomic E-state index is 13.1. The minimum absolute atomic E-state index is 0.0847. The number of aryl methyl sites for hydroxylation is 1. The van der Waals surface area contributed by atoms with Crippen molar-refractivity contribution in [3.8, 4) is 0 Å². The number of nitro benzene ring substituents is 1. The van der Waals surface area contributed by atoms with Gasteiger partial charge in [-0.1, -0.05) is 13.8 Å². The van der Waals surface area contributed by atoms with Gasteiger partial charge in [-0.2, -0.15) is 4.31 Å². The Morgan fingerprint density at radius 2 is 1.71 bits per heavy atom. The third kappa shape index (κ3) is 5.02. The topological polar surface area (TPSA) is 113 Å². The zero-order valence-electron chi connectivity index (χ0n) is 18.6. The fourth-order valence-electron chi connectivity index (χ4n) is 3.22. The van der Waals surface area contributed by atoms with E-state index in [2.05, 4.69) is 5.32 Å². The third-order valence-corrected chi connectivity index (χ3v) is 7.18. The molecule has 0 saturated carbocycles. The minimum Gasteiger partial charge on any atom is -0.377 e. The normalized spacial score (nSPS) is 11.5. The van der Waals surface area contributed by atoms with Gasteiger partial charge in [0.15, 0.2) is 0 Å². The van der Waals surface area contributed by atoms with Gasteiger partial charge in [-0.3, -0.25) is 14.9 Å². The summed E-state index contributed by atoms with van der Waals surface area (Å²) < 4.78 is 27.3. The second kappa shape index (κ2) is 9.44. The summed E-state index contributed by atoms with van der Waals surface area (Å²) in [5, 5.41) is 13.9. The first kappa shape index (κ1) is 24.3. The van der Waals surface area contributed by atoms with Crippen molar-refractivity contribution in [2.45, 2.75) is 32.6 Å². The van der Waals surface area contributed by atoms with Crippen molar-refractivity contribution in [3.05, 3.63) is 57.1 Å². The number of nitro groups is 1. The zero-order chi connectivity index (χ0) is 23.5. The predicted octanol–water partition coefficient (Wildman–Crippen LogP) is 3.56. The van der Waals surface area contributed by atoms with Gasteiger partial charge >= 0.3 is 0 Å². The van der Waals surface area contributed by atoms with Crippen LogP contribution in [0.2, 0.25) is 0 Å². The van der Waals surface area contributed by atoms with Crippen LogP contribution >= 0.6 is 0 Å². The van der Waals surface area contributed by atoms with Gasteiger partial charge < -0.3 is 10.2 Å². The van der Waals surface area contributed by atoms with E-state index in [1.807, 2.05) is 0 Å². The second-order valence-electron chi connectivity index (χ2n) is 7.31. The lowest BCUT2D eigenvalue weighted by atomic mass is 10.1. The van der Waals surface area contributed by atoms with Crippen LogP contribution in [-0.4, -0.2) is 50.7 Å². The summed E-state index contributed by atoms with van der Waals surface area (Å²) in [6, 6.07) is 7.06. The fraction of sp³-hybridized carbons (Fsp3) is 0.381. The predicted molar refractivity (Wildman–Crippen MR) is 121 cm³/mol. The molecule has 0 aliphatic rings. The summed E-state index contributed by atoms with van der Waals surface area (Å²) in [4.78, 5) is 25.4. The lowest BCUT2D eigenvalue weighted by molar-refractivity contribution is -0.384. The van der Waals surface area contributed by atoms with Crippen LogP contribution in [0.5, 0.6) is 0 Å². The smallest absolute Gasteiger partial charge is 0.270 e. The molecule has 0 aliphatic carbocycles. The van der Waals surface area contributed by atoms with Crippen molar-refractivity contribution < 1.29 is 18.1 Å². The Balaban J connectivity index is 2.55. The van der Waals surface area contributed by atoms with E-state index in [1.54, 1.807) is 52.8 Å². The van der Waals surface area contributed by atoms with Crippen LogP contribution in [0.25, 0.3) is 0 Å². The molecule has 0 fully saturated rings. The Morgan fingerprint density at radius 1 is 1.10 bits per heavy atom. The minimum atomic E-state index is -3.72. The Morgan fingerprint density at radius 3 is 2.23 bits per heavy atom. The summed E-state index contributed by atoms with van der Waals surface area (Å²) >= 11 is 0. The molecule has 2 aromatic rings. The third-order valence-electron chi connectivity index (χ3n) is 5.15. The number of nitrogens with one attached hydrogen (secondary N) is 1. The monoisotopic (exact) mass is 448 g/mol. The van der Waals surface area contributed by atoms with E-state index in [0.717, 1.165) is 0 Å². The number of sulfonamides is 1. The van der Waals surface area contributed by atoms with Crippen molar-refractivity contribution in [3.63, 3.8) is 0 Å². The molecule has 1 N–H and O–H groups in total. The highest BCUT2D eigenvalue weighted by Crippen LogP contribution is 2.29. The van der Waals surface area contributed by atoms with Gasteiger partial charge in [0.2, 0.25) is 10.0 Å². The van der Waals surface area contributed by atoms with Crippen LogP contribution in [0.4, 0.5) is 17.1 Å². The molecule has 0 atom stereocenters. The molecule has 0 bridgehead atoms. The molecule has 168 valence electrons. The molecular weight excluding hydrogens is 420 g/mol. The zero-order valence-corrected chi connectivity index (χ0v) is 19.4. The number of hydrogen-bond acceptors (Lipinski definition) is 6. The standard InChI is InChI=1S/C21H28N4O5S/c1-7-24(8-2)31(29,30)17-11-14(3)15(4)19(13-17)22-21(26)18-12-16(25(27)28)9-10-20(18)23(5)6/h9-13H,7-8H2,1-6H3,(H,22,26). The summed E-state index contributed by atoms with van der Waals surface area (Å²) in [7, 11) is -0.265. The van der Waals surface area contributed by atoms with Gasteiger partial charge in [0, 0.05) is 50.7 Å². The summed E-state index contributed by atoms with van der Waals surface area (Å²) in [6.07, 6.45) is 0. The molecule has 0 radical (unpaired) electrons. The number of nitrogens with zero attached hydrogens (tertiary/aromatic N) is 3.